The highest BCUT2D eigenvalue weighted by molar-refractivity contribution is 7.84. The molecular formula is C12H18N2OS. The molecule has 3 nitrogen and oxygen atoms in total. The molecule has 2 heterocycles. The van der Waals surface area contributed by atoms with E-state index in [1.165, 1.54) is 12.8 Å². The Morgan fingerprint density at radius 1 is 1.62 bits per heavy atom. The maximum Gasteiger partial charge on any atom is 0.127 e. The molecule has 0 aliphatic carbocycles. The van der Waals surface area contributed by atoms with E-state index in [2.05, 4.69) is 10.3 Å². The van der Waals surface area contributed by atoms with Crippen molar-refractivity contribution in [1.29, 1.82) is 0 Å². The number of hydrogen-bond donors (Lipinski definition) is 1. The minimum atomic E-state index is -0.942. The largest absolute Gasteiger partial charge is 0.316 e. The van der Waals surface area contributed by atoms with E-state index in [4.69, 9.17) is 0 Å². The number of aromatic nitrogens is 1. The highest BCUT2D eigenvalue weighted by Crippen LogP contribution is 2.14. The van der Waals surface area contributed by atoms with Crippen LogP contribution < -0.4 is 5.32 Å². The van der Waals surface area contributed by atoms with Gasteiger partial charge in [0, 0.05) is 11.9 Å². The van der Waals surface area contributed by atoms with Crippen molar-refractivity contribution in [3.8, 4) is 0 Å². The van der Waals surface area contributed by atoms with Gasteiger partial charge in [-0.1, -0.05) is 0 Å². The van der Waals surface area contributed by atoms with Crippen LogP contribution >= 0.6 is 0 Å². The summed E-state index contributed by atoms with van der Waals surface area (Å²) >= 11 is 0. The van der Waals surface area contributed by atoms with Gasteiger partial charge in [-0.2, -0.15) is 0 Å². The van der Waals surface area contributed by atoms with Crippen molar-refractivity contribution in [1.82, 2.24) is 10.3 Å². The van der Waals surface area contributed by atoms with Gasteiger partial charge in [-0.15, -0.1) is 0 Å². The van der Waals surface area contributed by atoms with Crippen LogP contribution in [0.15, 0.2) is 23.4 Å². The third kappa shape index (κ3) is 3.12. The maximum atomic E-state index is 12.1. The van der Waals surface area contributed by atoms with Gasteiger partial charge in [0.1, 0.15) is 5.03 Å². The van der Waals surface area contributed by atoms with Gasteiger partial charge in [0.25, 0.3) is 0 Å². The number of hydrogen-bond acceptors (Lipinski definition) is 3. The zero-order valence-corrected chi connectivity index (χ0v) is 10.4. The first-order chi connectivity index (χ1) is 7.75. The lowest BCUT2D eigenvalue weighted by atomic mass is 10.0. The molecule has 88 valence electrons. The number of rotatable bonds is 3. The SMILES string of the molecule is Cc1ccnc([S@@](=O)C[C@H]2CCCNC2)c1. The predicted octanol–water partition coefficient (Wildman–Crippen LogP) is 1.50. The Bertz CT molecular complexity index is 375. The van der Waals surface area contributed by atoms with Crippen molar-refractivity contribution in [2.24, 2.45) is 5.92 Å². The van der Waals surface area contributed by atoms with Gasteiger partial charge >= 0.3 is 0 Å². The monoisotopic (exact) mass is 238 g/mol. The molecule has 2 atom stereocenters. The molecule has 1 aromatic heterocycles. The summed E-state index contributed by atoms with van der Waals surface area (Å²) in [5.74, 6) is 1.28. The molecule has 1 N–H and O–H groups in total. The Morgan fingerprint density at radius 3 is 3.19 bits per heavy atom. The Hall–Kier alpha value is -0.740. The molecular weight excluding hydrogens is 220 g/mol. The predicted molar refractivity (Wildman–Crippen MR) is 65.8 cm³/mol. The van der Waals surface area contributed by atoms with E-state index in [0.717, 1.165) is 29.4 Å². The first kappa shape index (κ1) is 11.7. The highest BCUT2D eigenvalue weighted by Gasteiger charge is 2.17. The van der Waals surface area contributed by atoms with E-state index in [-0.39, 0.29) is 0 Å². The van der Waals surface area contributed by atoms with Crippen molar-refractivity contribution < 1.29 is 4.21 Å². The van der Waals surface area contributed by atoms with Crippen LogP contribution in [0.5, 0.6) is 0 Å². The molecule has 0 unspecified atom stereocenters. The zero-order chi connectivity index (χ0) is 11.4. The summed E-state index contributed by atoms with van der Waals surface area (Å²) < 4.78 is 12.1. The van der Waals surface area contributed by atoms with E-state index in [1.807, 2.05) is 19.1 Å². The first-order valence-corrected chi connectivity index (χ1v) is 7.09. The summed E-state index contributed by atoms with van der Waals surface area (Å²) in [5.41, 5.74) is 1.13. The average molecular weight is 238 g/mol. The molecule has 0 saturated carbocycles. The van der Waals surface area contributed by atoms with Crippen molar-refractivity contribution in [2.45, 2.75) is 24.8 Å². The molecule has 0 amide bonds. The second kappa shape index (κ2) is 5.55. The summed E-state index contributed by atoms with van der Waals surface area (Å²) in [7, 11) is -0.942. The number of nitrogens with one attached hydrogen (secondary N) is 1. The smallest absolute Gasteiger partial charge is 0.127 e. The molecule has 1 aliphatic heterocycles. The molecule has 2 rings (SSSR count). The quantitative estimate of drug-likeness (QED) is 0.867. The molecule has 0 bridgehead atoms. The lowest BCUT2D eigenvalue weighted by Crippen LogP contribution is -2.32. The lowest BCUT2D eigenvalue weighted by molar-refractivity contribution is 0.408. The van der Waals surface area contributed by atoms with Gasteiger partial charge in [-0.3, -0.25) is 4.21 Å². The molecule has 1 fully saturated rings. The van der Waals surface area contributed by atoms with E-state index in [1.54, 1.807) is 6.20 Å². The molecule has 0 spiro atoms. The van der Waals surface area contributed by atoms with Crippen LogP contribution in [-0.2, 0) is 10.8 Å². The third-order valence-corrected chi connectivity index (χ3v) is 4.37. The van der Waals surface area contributed by atoms with Crippen molar-refractivity contribution >= 4 is 10.8 Å². The molecule has 16 heavy (non-hydrogen) atoms. The van der Waals surface area contributed by atoms with Crippen LogP contribution in [0, 0.1) is 12.8 Å². The standard InChI is InChI=1S/C12H18N2OS/c1-10-4-6-14-12(7-10)16(15)9-11-3-2-5-13-8-11/h4,6-7,11,13H,2-3,5,8-9H2,1H3/t11-,16-/m0/s1. The van der Waals surface area contributed by atoms with Crippen molar-refractivity contribution in [3.05, 3.63) is 23.9 Å². The molecule has 4 heteroatoms. The number of nitrogens with zero attached hydrogens (tertiary/aromatic N) is 1. The summed E-state index contributed by atoms with van der Waals surface area (Å²) in [4.78, 5) is 4.18. The number of piperidine rings is 1. The number of aryl methyl sites for hydroxylation is 1. The van der Waals surface area contributed by atoms with E-state index in [9.17, 15) is 4.21 Å². The van der Waals surface area contributed by atoms with Gasteiger partial charge < -0.3 is 5.32 Å². The van der Waals surface area contributed by atoms with Gasteiger partial charge in [0.15, 0.2) is 0 Å². The minimum absolute atomic E-state index is 0.539. The van der Waals surface area contributed by atoms with E-state index in [0.29, 0.717) is 5.92 Å². The topological polar surface area (TPSA) is 42.0 Å². The van der Waals surface area contributed by atoms with Gasteiger partial charge in [-0.25, -0.2) is 4.98 Å². The van der Waals surface area contributed by atoms with Crippen LogP contribution in [0.1, 0.15) is 18.4 Å². The second-order valence-corrected chi connectivity index (χ2v) is 5.84. The lowest BCUT2D eigenvalue weighted by Gasteiger charge is -2.21. The third-order valence-electron chi connectivity index (χ3n) is 2.91. The Labute approximate surface area is 99.1 Å². The molecule has 0 aromatic carbocycles. The van der Waals surface area contributed by atoms with Crippen LogP contribution in [0.25, 0.3) is 0 Å². The zero-order valence-electron chi connectivity index (χ0n) is 9.61. The Morgan fingerprint density at radius 2 is 2.50 bits per heavy atom. The summed E-state index contributed by atoms with van der Waals surface area (Å²) in [6.07, 6.45) is 4.12. The van der Waals surface area contributed by atoms with Crippen LogP contribution in [0.3, 0.4) is 0 Å². The normalized spacial score (nSPS) is 22.9. The fourth-order valence-corrected chi connectivity index (χ4v) is 3.38. The first-order valence-electron chi connectivity index (χ1n) is 5.77. The molecule has 0 radical (unpaired) electrons. The number of pyridine rings is 1. The van der Waals surface area contributed by atoms with Crippen LogP contribution in [-0.4, -0.2) is 28.0 Å². The summed E-state index contributed by atoms with van der Waals surface area (Å²) in [6.45, 7) is 4.11. The molecule has 1 aromatic rings. The maximum absolute atomic E-state index is 12.1. The fourth-order valence-electron chi connectivity index (χ4n) is 2.00. The van der Waals surface area contributed by atoms with Crippen molar-refractivity contribution in [3.63, 3.8) is 0 Å². The van der Waals surface area contributed by atoms with E-state index >= 15 is 0 Å². The highest BCUT2D eigenvalue weighted by atomic mass is 32.2. The van der Waals surface area contributed by atoms with Crippen molar-refractivity contribution in [2.75, 3.05) is 18.8 Å². The Balaban J connectivity index is 1.97. The van der Waals surface area contributed by atoms with Crippen LogP contribution in [0.4, 0.5) is 0 Å². The van der Waals surface area contributed by atoms with Gasteiger partial charge in [-0.05, 0) is 56.5 Å². The Kier molecular flexibility index (Phi) is 4.07. The summed E-state index contributed by atoms with van der Waals surface area (Å²) in [6, 6.07) is 3.86. The van der Waals surface area contributed by atoms with Crippen LogP contribution in [0.2, 0.25) is 0 Å². The van der Waals surface area contributed by atoms with E-state index < -0.39 is 10.8 Å². The van der Waals surface area contributed by atoms with Gasteiger partial charge in [0.2, 0.25) is 0 Å². The molecule has 1 aliphatic rings. The fraction of sp³-hybridized carbons (Fsp3) is 0.583. The average Bonchev–Trinajstić information content (AvgIpc) is 2.30. The summed E-state index contributed by atoms with van der Waals surface area (Å²) in [5, 5.41) is 4.08. The minimum Gasteiger partial charge on any atom is -0.316 e. The second-order valence-electron chi connectivity index (χ2n) is 4.40. The van der Waals surface area contributed by atoms with Gasteiger partial charge in [0.05, 0.1) is 10.8 Å². The molecule has 1 saturated heterocycles.